The van der Waals surface area contributed by atoms with E-state index in [1.807, 2.05) is 37.4 Å². The molecule has 0 radical (unpaired) electrons. The maximum absolute atomic E-state index is 12.3. The van der Waals surface area contributed by atoms with Crippen molar-refractivity contribution in [1.82, 2.24) is 10.2 Å². The number of amides is 1. The number of hydrogen-bond acceptors (Lipinski definition) is 4. The van der Waals surface area contributed by atoms with E-state index in [4.69, 9.17) is 4.74 Å². The molecule has 1 amide bonds. The van der Waals surface area contributed by atoms with Crippen molar-refractivity contribution < 1.29 is 9.53 Å². The predicted octanol–water partition coefficient (Wildman–Crippen LogP) is 3.26. The van der Waals surface area contributed by atoms with Gasteiger partial charge < -0.3 is 15.0 Å². The number of hydrogen-bond donors (Lipinski definition) is 1. The van der Waals surface area contributed by atoms with Crippen molar-refractivity contribution in [3.63, 3.8) is 0 Å². The van der Waals surface area contributed by atoms with Crippen molar-refractivity contribution in [2.24, 2.45) is 0 Å². The van der Waals surface area contributed by atoms with Gasteiger partial charge in [0.2, 0.25) is 0 Å². The highest BCUT2D eigenvalue weighted by Gasteiger charge is 2.27. The van der Waals surface area contributed by atoms with E-state index in [0.29, 0.717) is 12.1 Å². The fraction of sp³-hybridized carbons (Fsp3) is 0.938. The zero-order valence-corrected chi connectivity index (χ0v) is 14.5. The minimum absolute atomic E-state index is 0.158. The van der Waals surface area contributed by atoms with Crippen LogP contribution in [-0.4, -0.2) is 53.3 Å². The van der Waals surface area contributed by atoms with E-state index in [9.17, 15) is 4.79 Å². The number of nitrogens with zero attached hydrogens (tertiary/aromatic N) is 1. The van der Waals surface area contributed by atoms with Crippen LogP contribution in [0.25, 0.3) is 0 Å². The predicted molar refractivity (Wildman–Crippen MR) is 88.9 cm³/mol. The van der Waals surface area contributed by atoms with Crippen LogP contribution in [0.4, 0.5) is 4.79 Å². The molecule has 0 spiro atoms. The average Bonchev–Trinajstić information content (AvgIpc) is 2.64. The average molecular weight is 314 g/mol. The Balaban J connectivity index is 1.86. The molecule has 2 atom stereocenters. The first-order valence-electron chi connectivity index (χ1n) is 8.26. The molecule has 5 heteroatoms. The van der Waals surface area contributed by atoms with Crippen LogP contribution in [0.15, 0.2) is 0 Å². The first kappa shape index (κ1) is 16.9. The number of carbonyl (C=O) groups is 1. The molecule has 2 aliphatic rings. The van der Waals surface area contributed by atoms with Gasteiger partial charge in [0.05, 0.1) is 0 Å². The summed E-state index contributed by atoms with van der Waals surface area (Å²) in [4.78, 5) is 14.2. The van der Waals surface area contributed by atoms with Crippen molar-refractivity contribution in [1.29, 1.82) is 0 Å². The van der Waals surface area contributed by atoms with Crippen LogP contribution in [0.1, 0.15) is 52.9 Å². The minimum Gasteiger partial charge on any atom is -0.444 e. The summed E-state index contributed by atoms with van der Waals surface area (Å²) in [5.74, 6) is 2.51. The summed E-state index contributed by atoms with van der Waals surface area (Å²) in [5, 5.41) is 3.78. The fourth-order valence-electron chi connectivity index (χ4n) is 2.98. The lowest BCUT2D eigenvalue weighted by molar-refractivity contribution is 0.0242. The Kier molecular flexibility index (Phi) is 6.23. The third kappa shape index (κ3) is 6.07. The smallest absolute Gasteiger partial charge is 0.410 e. The number of thioether (sulfide) groups is 1. The van der Waals surface area contributed by atoms with Gasteiger partial charge in [-0.15, -0.1) is 0 Å². The molecule has 0 aromatic carbocycles. The molecule has 0 aromatic rings. The van der Waals surface area contributed by atoms with Crippen LogP contribution < -0.4 is 5.32 Å². The van der Waals surface area contributed by atoms with Gasteiger partial charge in [-0.05, 0) is 52.2 Å². The van der Waals surface area contributed by atoms with E-state index in [-0.39, 0.29) is 6.09 Å². The van der Waals surface area contributed by atoms with E-state index < -0.39 is 5.60 Å². The molecule has 1 N–H and O–H groups in total. The normalized spacial score (nSPS) is 28.0. The second-order valence-electron chi connectivity index (χ2n) is 7.20. The summed E-state index contributed by atoms with van der Waals surface area (Å²) in [7, 11) is 0. The number of carbonyl (C=O) groups excluding carboxylic acids is 1. The molecular weight excluding hydrogens is 284 g/mol. The van der Waals surface area contributed by atoms with Crippen molar-refractivity contribution in [2.75, 3.05) is 24.6 Å². The molecule has 0 aliphatic carbocycles. The third-order valence-corrected chi connectivity index (χ3v) is 5.17. The second-order valence-corrected chi connectivity index (χ2v) is 8.35. The lowest BCUT2D eigenvalue weighted by atomic mass is 10.1. The molecule has 122 valence electrons. The number of nitrogens with one attached hydrogen (secondary N) is 1. The van der Waals surface area contributed by atoms with E-state index >= 15 is 0 Å². The van der Waals surface area contributed by atoms with Crippen molar-refractivity contribution in [3.8, 4) is 0 Å². The molecule has 2 fully saturated rings. The van der Waals surface area contributed by atoms with Crippen molar-refractivity contribution in [3.05, 3.63) is 0 Å². The third-order valence-electron chi connectivity index (χ3n) is 3.95. The standard InChI is InChI=1S/C16H30N2O2S/c1-16(2,3)20-15(19)18-9-5-4-7-13(11-18)17-14-8-6-10-21-12-14/h13-14,17H,4-12H2,1-3H3. The molecule has 2 heterocycles. The van der Waals surface area contributed by atoms with Crippen LogP contribution in [0, 0.1) is 0 Å². The van der Waals surface area contributed by atoms with E-state index in [1.54, 1.807) is 0 Å². The Morgan fingerprint density at radius 1 is 1.19 bits per heavy atom. The number of ether oxygens (including phenoxy) is 1. The zero-order chi connectivity index (χ0) is 15.3. The summed E-state index contributed by atoms with van der Waals surface area (Å²) in [6.07, 6.45) is 5.86. The maximum atomic E-state index is 12.3. The highest BCUT2D eigenvalue weighted by Crippen LogP contribution is 2.20. The molecule has 4 nitrogen and oxygen atoms in total. The summed E-state index contributed by atoms with van der Waals surface area (Å²) >= 11 is 2.04. The first-order chi connectivity index (χ1) is 9.94. The SMILES string of the molecule is CC(C)(C)OC(=O)N1CCCCC(NC2CCCSC2)C1. The van der Waals surface area contributed by atoms with Gasteiger partial charge in [-0.1, -0.05) is 6.42 Å². The topological polar surface area (TPSA) is 41.6 Å². The molecule has 0 bridgehead atoms. The fourth-order valence-corrected chi connectivity index (χ4v) is 4.06. The molecule has 2 saturated heterocycles. The molecular formula is C16H30N2O2S. The van der Waals surface area contributed by atoms with E-state index in [0.717, 1.165) is 19.5 Å². The summed E-state index contributed by atoms with van der Waals surface area (Å²) in [6, 6.07) is 1.04. The largest absolute Gasteiger partial charge is 0.444 e. The Labute approximate surface area is 133 Å². The van der Waals surface area contributed by atoms with E-state index in [1.165, 1.54) is 37.2 Å². The van der Waals surface area contributed by atoms with Gasteiger partial charge >= 0.3 is 6.09 Å². The van der Waals surface area contributed by atoms with Crippen molar-refractivity contribution >= 4 is 17.9 Å². The lowest BCUT2D eigenvalue weighted by Crippen LogP contribution is -2.48. The first-order valence-corrected chi connectivity index (χ1v) is 9.41. The summed E-state index contributed by atoms with van der Waals surface area (Å²) < 4.78 is 5.53. The highest BCUT2D eigenvalue weighted by molar-refractivity contribution is 7.99. The van der Waals surface area contributed by atoms with Crippen LogP contribution >= 0.6 is 11.8 Å². The molecule has 0 saturated carbocycles. The molecule has 2 unspecified atom stereocenters. The van der Waals surface area contributed by atoms with Crippen LogP contribution in [0.3, 0.4) is 0 Å². The van der Waals surface area contributed by atoms with Gasteiger partial charge in [0.1, 0.15) is 5.60 Å². The van der Waals surface area contributed by atoms with Gasteiger partial charge in [0, 0.05) is 30.9 Å². The van der Waals surface area contributed by atoms with Crippen LogP contribution in [0.5, 0.6) is 0 Å². The summed E-state index contributed by atoms with van der Waals surface area (Å²) in [6.45, 7) is 7.40. The zero-order valence-electron chi connectivity index (χ0n) is 13.7. The van der Waals surface area contributed by atoms with Gasteiger partial charge in [0.15, 0.2) is 0 Å². The van der Waals surface area contributed by atoms with Crippen LogP contribution in [0.2, 0.25) is 0 Å². The van der Waals surface area contributed by atoms with E-state index in [2.05, 4.69) is 5.32 Å². The van der Waals surface area contributed by atoms with Crippen molar-refractivity contribution in [2.45, 2.75) is 70.6 Å². The maximum Gasteiger partial charge on any atom is 0.410 e. The number of likely N-dealkylation sites (tertiary alicyclic amines) is 1. The summed E-state index contributed by atoms with van der Waals surface area (Å²) in [5.41, 5.74) is -0.410. The quantitative estimate of drug-likeness (QED) is 0.849. The lowest BCUT2D eigenvalue weighted by Gasteiger charge is -2.31. The monoisotopic (exact) mass is 314 g/mol. The van der Waals surface area contributed by atoms with Gasteiger partial charge in [-0.25, -0.2) is 4.79 Å². The Morgan fingerprint density at radius 2 is 1.95 bits per heavy atom. The van der Waals surface area contributed by atoms with Gasteiger partial charge in [-0.2, -0.15) is 11.8 Å². The Hall–Kier alpha value is -0.420. The molecule has 0 aromatic heterocycles. The molecule has 2 aliphatic heterocycles. The van der Waals surface area contributed by atoms with Crippen LogP contribution in [-0.2, 0) is 4.74 Å². The van der Waals surface area contributed by atoms with Gasteiger partial charge in [0.25, 0.3) is 0 Å². The molecule has 21 heavy (non-hydrogen) atoms. The second kappa shape index (κ2) is 7.73. The Morgan fingerprint density at radius 3 is 2.62 bits per heavy atom. The minimum atomic E-state index is -0.410. The highest BCUT2D eigenvalue weighted by atomic mass is 32.2. The van der Waals surface area contributed by atoms with Gasteiger partial charge in [-0.3, -0.25) is 0 Å². The Bertz CT molecular complexity index is 338. The number of rotatable bonds is 2. The molecule has 2 rings (SSSR count).